The molecule has 2 rings (SSSR count). The molecule has 1 heterocycles. The first-order chi connectivity index (χ1) is 7.74. The van der Waals surface area contributed by atoms with Crippen molar-refractivity contribution in [3.63, 3.8) is 0 Å². The summed E-state index contributed by atoms with van der Waals surface area (Å²) in [5.41, 5.74) is -1.07. The molecular formula is C12H20BFO3. The van der Waals surface area contributed by atoms with Gasteiger partial charge in [0.05, 0.1) is 17.3 Å². The van der Waals surface area contributed by atoms with E-state index in [1.807, 2.05) is 27.7 Å². The van der Waals surface area contributed by atoms with Crippen LogP contribution in [-0.2, 0) is 9.31 Å². The molecule has 0 spiro atoms. The van der Waals surface area contributed by atoms with Gasteiger partial charge in [0.2, 0.25) is 0 Å². The van der Waals surface area contributed by atoms with E-state index in [9.17, 15) is 9.50 Å². The van der Waals surface area contributed by atoms with E-state index in [0.717, 1.165) is 6.42 Å². The van der Waals surface area contributed by atoms with Crippen LogP contribution in [0.25, 0.3) is 0 Å². The third-order valence-electron chi connectivity index (χ3n) is 4.09. The summed E-state index contributed by atoms with van der Waals surface area (Å²) < 4.78 is 25.5. The maximum absolute atomic E-state index is 14.2. The van der Waals surface area contributed by atoms with Crippen molar-refractivity contribution < 1.29 is 18.8 Å². The first-order valence-electron chi connectivity index (χ1n) is 6.17. The summed E-state index contributed by atoms with van der Waals surface area (Å²) in [4.78, 5) is 0. The Kier molecular flexibility index (Phi) is 3.13. The van der Waals surface area contributed by atoms with Crippen molar-refractivity contribution in [2.75, 3.05) is 0 Å². The highest BCUT2D eigenvalue weighted by atomic mass is 19.1. The Bertz CT molecular complexity index is 336. The zero-order valence-electron chi connectivity index (χ0n) is 10.9. The Morgan fingerprint density at radius 2 is 1.82 bits per heavy atom. The van der Waals surface area contributed by atoms with E-state index in [0.29, 0.717) is 18.4 Å². The first-order valence-corrected chi connectivity index (χ1v) is 6.17. The summed E-state index contributed by atoms with van der Waals surface area (Å²) in [6.45, 7) is 7.54. The molecule has 0 bridgehead atoms. The van der Waals surface area contributed by atoms with Crippen LogP contribution < -0.4 is 0 Å². The van der Waals surface area contributed by atoms with E-state index in [4.69, 9.17) is 9.31 Å². The molecule has 1 saturated heterocycles. The molecule has 2 fully saturated rings. The summed E-state index contributed by atoms with van der Waals surface area (Å²) in [7, 11) is -0.970. The van der Waals surface area contributed by atoms with Crippen molar-refractivity contribution in [2.24, 2.45) is 0 Å². The second-order valence-corrected chi connectivity index (χ2v) is 5.87. The standard InChI is InChI=1S/C12H20BFO3/c1-11(2)12(3,4)17-13(16-11)10(14)8-6-5-7-9(8)15/h9,15H,5-7H2,1-4H3. The Morgan fingerprint density at radius 3 is 2.24 bits per heavy atom. The zero-order valence-corrected chi connectivity index (χ0v) is 10.9. The number of hydrogen-bond donors (Lipinski definition) is 1. The SMILES string of the molecule is CC1(C)OB(C(F)=C2CCCC2O)OC1(C)C. The van der Waals surface area contributed by atoms with Gasteiger partial charge in [0.25, 0.3) is 0 Å². The molecule has 1 saturated carbocycles. The van der Waals surface area contributed by atoms with E-state index < -0.39 is 30.2 Å². The molecule has 0 aromatic rings. The summed E-state index contributed by atoms with van der Waals surface area (Å²) in [5, 5.41) is 9.67. The van der Waals surface area contributed by atoms with Crippen molar-refractivity contribution in [3.05, 3.63) is 11.3 Å². The quantitative estimate of drug-likeness (QED) is 0.717. The fourth-order valence-corrected chi connectivity index (χ4v) is 2.20. The van der Waals surface area contributed by atoms with Crippen LogP contribution in [0, 0.1) is 0 Å². The number of hydrogen-bond acceptors (Lipinski definition) is 3. The van der Waals surface area contributed by atoms with Gasteiger partial charge in [0.1, 0.15) is 5.73 Å². The Morgan fingerprint density at radius 1 is 1.29 bits per heavy atom. The smallest absolute Gasteiger partial charge is 0.398 e. The van der Waals surface area contributed by atoms with Crippen molar-refractivity contribution in [1.82, 2.24) is 0 Å². The largest absolute Gasteiger partial charge is 0.525 e. The van der Waals surface area contributed by atoms with Crippen molar-refractivity contribution >= 4 is 7.12 Å². The molecular weight excluding hydrogens is 222 g/mol. The van der Waals surface area contributed by atoms with Crippen LogP contribution in [0.5, 0.6) is 0 Å². The minimum Gasteiger partial charge on any atom is -0.398 e. The molecule has 3 nitrogen and oxygen atoms in total. The molecule has 0 amide bonds. The van der Waals surface area contributed by atoms with Crippen LogP contribution in [0.4, 0.5) is 4.39 Å². The molecule has 1 N–H and O–H groups in total. The number of aliphatic hydroxyl groups is 1. The third kappa shape index (κ3) is 2.16. The number of aliphatic hydroxyl groups excluding tert-OH is 1. The molecule has 5 heteroatoms. The highest BCUT2D eigenvalue weighted by Gasteiger charge is 2.53. The molecule has 1 aliphatic carbocycles. The van der Waals surface area contributed by atoms with Gasteiger partial charge in [-0.05, 0) is 52.5 Å². The van der Waals surface area contributed by atoms with Gasteiger partial charge in [-0.25, -0.2) is 4.39 Å². The molecule has 0 aromatic carbocycles. The van der Waals surface area contributed by atoms with E-state index in [1.54, 1.807) is 0 Å². The molecule has 17 heavy (non-hydrogen) atoms. The molecule has 1 unspecified atom stereocenters. The monoisotopic (exact) mass is 242 g/mol. The van der Waals surface area contributed by atoms with Gasteiger partial charge in [-0.3, -0.25) is 0 Å². The molecule has 96 valence electrons. The second-order valence-electron chi connectivity index (χ2n) is 5.87. The molecule has 0 radical (unpaired) electrons. The van der Waals surface area contributed by atoms with Gasteiger partial charge in [0, 0.05) is 0 Å². The van der Waals surface area contributed by atoms with Crippen molar-refractivity contribution in [2.45, 2.75) is 64.3 Å². The van der Waals surface area contributed by atoms with Gasteiger partial charge in [-0.15, -0.1) is 0 Å². The van der Waals surface area contributed by atoms with Gasteiger partial charge in [-0.1, -0.05) is 0 Å². The average molecular weight is 242 g/mol. The Hall–Kier alpha value is -0.385. The number of rotatable bonds is 1. The molecule has 2 aliphatic rings. The fourth-order valence-electron chi connectivity index (χ4n) is 2.20. The molecule has 1 aliphatic heterocycles. The van der Waals surface area contributed by atoms with E-state index >= 15 is 0 Å². The third-order valence-corrected chi connectivity index (χ3v) is 4.09. The summed E-state index contributed by atoms with van der Waals surface area (Å²) >= 11 is 0. The highest BCUT2D eigenvalue weighted by molar-refractivity contribution is 6.53. The van der Waals surface area contributed by atoms with Gasteiger partial charge in [-0.2, -0.15) is 0 Å². The van der Waals surface area contributed by atoms with Crippen LogP contribution in [0.15, 0.2) is 11.3 Å². The fraction of sp³-hybridized carbons (Fsp3) is 0.833. The van der Waals surface area contributed by atoms with Crippen molar-refractivity contribution in [1.29, 1.82) is 0 Å². The lowest BCUT2D eigenvalue weighted by Gasteiger charge is -2.32. The van der Waals surface area contributed by atoms with E-state index in [2.05, 4.69) is 0 Å². The van der Waals surface area contributed by atoms with E-state index in [1.165, 1.54) is 0 Å². The van der Waals surface area contributed by atoms with Crippen LogP contribution in [0.1, 0.15) is 47.0 Å². The maximum atomic E-state index is 14.2. The van der Waals surface area contributed by atoms with Crippen LogP contribution >= 0.6 is 0 Å². The predicted molar refractivity (Wildman–Crippen MR) is 64.1 cm³/mol. The van der Waals surface area contributed by atoms with Crippen LogP contribution in [0.3, 0.4) is 0 Å². The minimum atomic E-state index is -0.970. The lowest BCUT2D eigenvalue weighted by molar-refractivity contribution is 0.00578. The topological polar surface area (TPSA) is 38.7 Å². The van der Waals surface area contributed by atoms with Gasteiger partial charge < -0.3 is 14.4 Å². The first kappa shape index (κ1) is 13.1. The average Bonchev–Trinajstić information content (AvgIpc) is 2.68. The van der Waals surface area contributed by atoms with Crippen molar-refractivity contribution in [3.8, 4) is 0 Å². The zero-order chi connectivity index (χ0) is 12.8. The Balaban J connectivity index is 2.21. The summed E-state index contributed by atoms with van der Waals surface area (Å²) in [5.74, 6) is 0. The minimum absolute atomic E-state index is 0.436. The second kappa shape index (κ2) is 4.07. The summed E-state index contributed by atoms with van der Waals surface area (Å²) in [6, 6.07) is 0. The van der Waals surface area contributed by atoms with Crippen LogP contribution in [0.2, 0.25) is 0 Å². The predicted octanol–water partition coefficient (Wildman–Crippen LogP) is 2.39. The van der Waals surface area contributed by atoms with Crippen LogP contribution in [-0.4, -0.2) is 29.5 Å². The van der Waals surface area contributed by atoms with E-state index in [-0.39, 0.29) is 0 Å². The summed E-state index contributed by atoms with van der Waals surface area (Å²) in [6.07, 6.45) is 1.37. The molecule has 0 aromatic heterocycles. The molecule has 1 atom stereocenters. The van der Waals surface area contributed by atoms with Gasteiger partial charge >= 0.3 is 7.12 Å². The lowest BCUT2D eigenvalue weighted by Crippen LogP contribution is -2.41. The van der Waals surface area contributed by atoms with Gasteiger partial charge in [0.15, 0.2) is 0 Å². The maximum Gasteiger partial charge on any atom is 0.525 e. The number of halogens is 1. The normalized spacial score (nSPS) is 34.2. The lowest BCUT2D eigenvalue weighted by atomic mass is 9.83. The highest BCUT2D eigenvalue weighted by Crippen LogP contribution is 2.40. The Labute approximate surface area is 102 Å².